The van der Waals surface area contributed by atoms with Gasteiger partial charge in [-0.1, -0.05) is 18.2 Å². The zero-order chi connectivity index (χ0) is 22.3. The van der Waals surface area contributed by atoms with Gasteiger partial charge in [0.1, 0.15) is 11.6 Å². The Labute approximate surface area is 181 Å². The second kappa shape index (κ2) is 8.24. The van der Waals surface area contributed by atoms with E-state index >= 15 is 0 Å². The lowest BCUT2D eigenvalue weighted by molar-refractivity contribution is -0.154. The number of para-hydroxylation sites is 1. The van der Waals surface area contributed by atoms with Crippen molar-refractivity contribution >= 4 is 23.5 Å². The number of nitrogens with one attached hydrogen (secondary N) is 1. The normalized spacial score (nSPS) is 31.1. The monoisotopic (exact) mass is 430 g/mol. The number of rotatable bonds is 7. The molecule has 0 unspecified atom stereocenters. The molecule has 2 N–H and O–H groups in total. The molecule has 0 radical (unpaired) electrons. The molecule has 5 atom stereocenters. The number of hydrogen-bond donors (Lipinski definition) is 2. The van der Waals surface area contributed by atoms with E-state index in [1.54, 1.807) is 6.92 Å². The summed E-state index contributed by atoms with van der Waals surface area (Å²) >= 11 is 0. The van der Waals surface area contributed by atoms with Gasteiger partial charge in [0.05, 0.1) is 24.5 Å². The summed E-state index contributed by atoms with van der Waals surface area (Å²) < 4.78 is 11.5. The van der Waals surface area contributed by atoms with Gasteiger partial charge in [-0.3, -0.25) is 14.4 Å². The highest BCUT2D eigenvalue weighted by molar-refractivity contribution is 6.03. The number of nitrogens with zero attached hydrogens (tertiary/aromatic N) is 1. The highest BCUT2D eigenvalue weighted by atomic mass is 16.6. The number of benzene rings is 1. The molecule has 2 bridgehead atoms. The molecule has 31 heavy (non-hydrogen) atoms. The number of aliphatic hydroxyl groups excluding tert-OH is 1. The van der Waals surface area contributed by atoms with Crippen LogP contribution in [0.15, 0.2) is 18.2 Å². The van der Waals surface area contributed by atoms with Gasteiger partial charge in [-0.2, -0.15) is 0 Å². The van der Waals surface area contributed by atoms with Crippen LogP contribution in [0.5, 0.6) is 0 Å². The van der Waals surface area contributed by atoms with Gasteiger partial charge in [-0.15, -0.1) is 0 Å². The number of aryl methyl sites for hydroxylation is 2. The zero-order valence-electron chi connectivity index (χ0n) is 18.2. The minimum Gasteiger partial charge on any atom is -0.466 e. The zero-order valence-corrected chi connectivity index (χ0v) is 18.2. The number of amides is 2. The Hall–Kier alpha value is -2.45. The molecule has 1 aromatic carbocycles. The highest BCUT2D eigenvalue weighted by Gasteiger charge is 2.74. The van der Waals surface area contributed by atoms with Gasteiger partial charge in [0.2, 0.25) is 11.8 Å². The van der Waals surface area contributed by atoms with Crippen molar-refractivity contribution in [3.63, 3.8) is 0 Å². The first kappa shape index (κ1) is 21.8. The van der Waals surface area contributed by atoms with Gasteiger partial charge < -0.3 is 24.8 Å². The summed E-state index contributed by atoms with van der Waals surface area (Å²) in [6.45, 7) is 5.91. The molecule has 0 saturated carbocycles. The molecule has 0 aromatic heterocycles. The van der Waals surface area contributed by atoms with Gasteiger partial charge >= 0.3 is 5.97 Å². The fourth-order valence-corrected chi connectivity index (χ4v) is 5.64. The largest absolute Gasteiger partial charge is 0.466 e. The molecule has 168 valence electrons. The maximum Gasteiger partial charge on any atom is 0.312 e. The summed E-state index contributed by atoms with van der Waals surface area (Å²) in [5.41, 5.74) is 1.52. The van der Waals surface area contributed by atoms with Gasteiger partial charge in [-0.05, 0) is 51.2 Å². The van der Waals surface area contributed by atoms with Gasteiger partial charge in [0.25, 0.3) is 0 Å². The number of anilines is 1. The summed E-state index contributed by atoms with van der Waals surface area (Å²) in [5, 5.41) is 12.4. The van der Waals surface area contributed by atoms with E-state index in [4.69, 9.17) is 9.47 Å². The third-order valence-corrected chi connectivity index (χ3v) is 6.89. The van der Waals surface area contributed by atoms with Crippen LogP contribution in [0.3, 0.4) is 0 Å². The van der Waals surface area contributed by atoms with Crippen molar-refractivity contribution in [3.05, 3.63) is 29.3 Å². The van der Waals surface area contributed by atoms with Gasteiger partial charge in [-0.25, -0.2) is 0 Å². The number of fused-ring (bicyclic) bond motifs is 1. The van der Waals surface area contributed by atoms with Crippen LogP contribution in [-0.2, 0) is 23.9 Å². The molecule has 8 heteroatoms. The van der Waals surface area contributed by atoms with E-state index in [-0.39, 0.29) is 31.6 Å². The minimum atomic E-state index is -1.05. The first-order valence-electron chi connectivity index (χ1n) is 11.0. The molecule has 3 aliphatic heterocycles. The Morgan fingerprint density at radius 3 is 2.68 bits per heavy atom. The smallest absolute Gasteiger partial charge is 0.312 e. The molecular formula is C23H30N2O6. The first-order valence-corrected chi connectivity index (χ1v) is 11.0. The standard InChI is InChI=1S/C23H30N2O6/c1-4-30-22(29)16-15-9-10-23(31-15)17(16)21(28)25(11-6-12-26)19(23)20(27)24-18-13(2)7-5-8-14(18)3/h5,7-8,15-17,19,26H,4,6,9-12H2,1-3H3,(H,24,27)/t15-,16+,17+,19-,23+/m1/s1. The Kier molecular flexibility index (Phi) is 5.79. The van der Waals surface area contributed by atoms with Crippen molar-refractivity contribution in [2.45, 2.75) is 57.8 Å². The Morgan fingerprint density at radius 2 is 2.03 bits per heavy atom. The Morgan fingerprint density at radius 1 is 1.32 bits per heavy atom. The lowest BCUT2D eigenvalue weighted by Gasteiger charge is -2.33. The summed E-state index contributed by atoms with van der Waals surface area (Å²) in [4.78, 5) is 41.3. The lowest BCUT2D eigenvalue weighted by atomic mass is 9.70. The van der Waals surface area contributed by atoms with Crippen LogP contribution in [0.2, 0.25) is 0 Å². The van der Waals surface area contributed by atoms with Crippen molar-refractivity contribution in [2.24, 2.45) is 11.8 Å². The predicted molar refractivity (Wildman–Crippen MR) is 112 cm³/mol. The number of aliphatic hydroxyl groups is 1. The number of hydrogen-bond acceptors (Lipinski definition) is 6. The topological polar surface area (TPSA) is 105 Å². The van der Waals surface area contributed by atoms with E-state index in [1.165, 1.54) is 4.90 Å². The molecule has 1 spiro atoms. The highest BCUT2D eigenvalue weighted by Crippen LogP contribution is 2.58. The lowest BCUT2D eigenvalue weighted by Crippen LogP contribution is -2.53. The molecule has 8 nitrogen and oxygen atoms in total. The predicted octanol–water partition coefficient (Wildman–Crippen LogP) is 1.56. The number of carbonyl (C=O) groups excluding carboxylic acids is 3. The molecule has 2 amide bonds. The SMILES string of the molecule is CCOC(=O)[C@@H]1[C@H]2C(=O)N(CCCO)[C@H](C(=O)Nc3c(C)cccc3C)[C@]23CC[C@H]1O3. The molecule has 3 fully saturated rings. The van der Waals surface area contributed by atoms with E-state index in [9.17, 15) is 19.5 Å². The third-order valence-electron chi connectivity index (χ3n) is 6.89. The number of ether oxygens (including phenoxy) is 2. The van der Waals surface area contributed by atoms with Gasteiger partial charge in [0, 0.05) is 18.8 Å². The summed E-state index contributed by atoms with van der Waals surface area (Å²) in [7, 11) is 0. The minimum absolute atomic E-state index is 0.0997. The molecule has 4 rings (SSSR count). The maximum absolute atomic E-state index is 13.6. The fourth-order valence-electron chi connectivity index (χ4n) is 5.64. The number of likely N-dealkylation sites (tertiary alicyclic amines) is 1. The summed E-state index contributed by atoms with van der Waals surface area (Å²) in [6, 6.07) is 4.90. The van der Waals surface area contributed by atoms with Crippen LogP contribution in [0.25, 0.3) is 0 Å². The van der Waals surface area contributed by atoms with Crippen molar-refractivity contribution in [1.29, 1.82) is 0 Å². The Balaban J connectivity index is 1.70. The summed E-state index contributed by atoms with van der Waals surface area (Å²) in [5.74, 6) is -2.47. The van der Waals surface area contributed by atoms with E-state index < -0.39 is 35.6 Å². The van der Waals surface area contributed by atoms with Crippen LogP contribution in [0.4, 0.5) is 5.69 Å². The van der Waals surface area contributed by atoms with Crippen molar-refractivity contribution in [3.8, 4) is 0 Å². The Bertz CT molecular complexity index is 882. The molecule has 1 aromatic rings. The molecular weight excluding hydrogens is 400 g/mol. The first-order chi connectivity index (χ1) is 14.9. The van der Waals surface area contributed by atoms with Crippen LogP contribution in [-0.4, -0.2) is 65.3 Å². The van der Waals surface area contributed by atoms with E-state index in [0.717, 1.165) is 16.8 Å². The summed E-state index contributed by atoms with van der Waals surface area (Å²) in [6.07, 6.45) is 1.07. The molecule has 3 saturated heterocycles. The van der Waals surface area contributed by atoms with Crippen LogP contribution in [0, 0.1) is 25.7 Å². The van der Waals surface area contributed by atoms with Crippen molar-refractivity contribution in [2.75, 3.05) is 25.1 Å². The van der Waals surface area contributed by atoms with Crippen molar-refractivity contribution in [1.82, 2.24) is 4.90 Å². The quantitative estimate of drug-likeness (QED) is 0.636. The van der Waals surface area contributed by atoms with E-state index in [2.05, 4.69) is 5.32 Å². The second-order valence-corrected chi connectivity index (χ2v) is 8.67. The fraction of sp³-hybridized carbons (Fsp3) is 0.609. The number of carbonyl (C=O) groups is 3. The maximum atomic E-state index is 13.6. The van der Waals surface area contributed by atoms with Gasteiger partial charge in [0.15, 0.2) is 0 Å². The van der Waals surface area contributed by atoms with E-state index in [0.29, 0.717) is 19.3 Å². The average Bonchev–Trinajstić information content (AvgIpc) is 3.37. The van der Waals surface area contributed by atoms with E-state index in [1.807, 2.05) is 32.0 Å². The third kappa shape index (κ3) is 3.32. The average molecular weight is 431 g/mol. The van der Waals surface area contributed by atoms with Crippen LogP contribution >= 0.6 is 0 Å². The van der Waals surface area contributed by atoms with Crippen molar-refractivity contribution < 1.29 is 29.0 Å². The molecule has 3 aliphatic rings. The van der Waals surface area contributed by atoms with Crippen LogP contribution < -0.4 is 5.32 Å². The number of esters is 1. The molecule has 3 heterocycles. The second-order valence-electron chi connectivity index (χ2n) is 8.67. The van der Waals surface area contributed by atoms with Crippen LogP contribution in [0.1, 0.15) is 37.3 Å². The molecule has 0 aliphatic carbocycles.